The van der Waals surface area contributed by atoms with Gasteiger partial charge in [0.2, 0.25) is 0 Å². The fourth-order valence-corrected chi connectivity index (χ4v) is 5.07. The summed E-state index contributed by atoms with van der Waals surface area (Å²) in [5, 5.41) is 7.86. The lowest BCUT2D eigenvalue weighted by Crippen LogP contribution is -2.22. The lowest BCUT2D eigenvalue weighted by molar-refractivity contribution is 0.0528. The Bertz CT molecular complexity index is 1080. The van der Waals surface area contributed by atoms with Gasteiger partial charge in [0.1, 0.15) is 5.00 Å². The Morgan fingerprint density at radius 3 is 2.18 bits per heavy atom. The van der Waals surface area contributed by atoms with E-state index in [1.165, 1.54) is 28.0 Å². The predicted octanol–water partition coefficient (Wildman–Crippen LogP) is 7.57. The van der Waals surface area contributed by atoms with E-state index < -0.39 is 0 Å². The van der Waals surface area contributed by atoms with Crippen LogP contribution in [-0.2, 0) is 11.2 Å². The zero-order valence-corrected chi connectivity index (χ0v) is 21.5. The SMILES string of the molecule is CCOC(=O)c1cc(Cc2ccccc2)sc1NC(=S)Nc1c(C(C)C)cccc1C(C)C. The summed E-state index contributed by atoms with van der Waals surface area (Å²) in [6.07, 6.45) is 0.744. The molecule has 4 nitrogen and oxygen atoms in total. The van der Waals surface area contributed by atoms with Crippen LogP contribution < -0.4 is 10.6 Å². The van der Waals surface area contributed by atoms with Crippen molar-refractivity contribution in [3.8, 4) is 0 Å². The molecule has 33 heavy (non-hydrogen) atoms. The van der Waals surface area contributed by atoms with Crippen molar-refractivity contribution in [1.29, 1.82) is 0 Å². The number of thiophene rings is 1. The monoisotopic (exact) mass is 480 g/mol. The maximum Gasteiger partial charge on any atom is 0.341 e. The Morgan fingerprint density at radius 2 is 1.61 bits per heavy atom. The van der Waals surface area contributed by atoms with Crippen LogP contribution in [0, 0.1) is 0 Å². The summed E-state index contributed by atoms with van der Waals surface area (Å²) in [7, 11) is 0. The van der Waals surface area contributed by atoms with Crippen LogP contribution in [0.5, 0.6) is 0 Å². The van der Waals surface area contributed by atoms with E-state index in [2.05, 4.69) is 68.7 Å². The Morgan fingerprint density at radius 1 is 0.970 bits per heavy atom. The molecule has 1 aromatic heterocycles. The highest BCUT2D eigenvalue weighted by molar-refractivity contribution is 7.80. The van der Waals surface area contributed by atoms with Crippen LogP contribution in [0.2, 0.25) is 0 Å². The molecule has 0 aliphatic rings. The Balaban J connectivity index is 1.88. The number of ether oxygens (including phenoxy) is 1. The number of rotatable bonds is 8. The summed E-state index contributed by atoms with van der Waals surface area (Å²) in [5.41, 5.74) is 5.17. The van der Waals surface area contributed by atoms with E-state index in [4.69, 9.17) is 17.0 Å². The quantitative estimate of drug-likeness (QED) is 0.257. The average molecular weight is 481 g/mol. The number of anilines is 2. The molecule has 2 aromatic carbocycles. The Labute approximate surface area is 206 Å². The highest BCUT2D eigenvalue weighted by atomic mass is 32.1. The van der Waals surface area contributed by atoms with E-state index >= 15 is 0 Å². The second kappa shape index (κ2) is 11.4. The molecule has 1 heterocycles. The largest absolute Gasteiger partial charge is 0.462 e. The van der Waals surface area contributed by atoms with Gasteiger partial charge in [0, 0.05) is 17.0 Å². The maximum atomic E-state index is 12.6. The van der Waals surface area contributed by atoms with Crippen LogP contribution >= 0.6 is 23.6 Å². The van der Waals surface area contributed by atoms with E-state index in [1.807, 2.05) is 31.2 Å². The van der Waals surface area contributed by atoms with Gasteiger partial charge in [-0.15, -0.1) is 11.3 Å². The molecule has 0 saturated heterocycles. The minimum absolute atomic E-state index is 0.324. The van der Waals surface area contributed by atoms with Gasteiger partial charge in [0.25, 0.3) is 0 Å². The first-order chi connectivity index (χ1) is 15.8. The fraction of sp³-hybridized carbons (Fsp3) is 0.333. The van der Waals surface area contributed by atoms with E-state index in [9.17, 15) is 4.79 Å². The van der Waals surface area contributed by atoms with E-state index in [0.717, 1.165) is 17.0 Å². The third kappa shape index (κ3) is 6.42. The molecule has 0 aliphatic heterocycles. The molecule has 0 saturated carbocycles. The molecule has 2 N–H and O–H groups in total. The lowest BCUT2D eigenvalue weighted by Gasteiger charge is -2.21. The number of thiocarbonyl (C=S) groups is 1. The second-order valence-corrected chi connectivity index (χ2v) is 10.1. The van der Waals surface area contributed by atoms with Gasteiger partial charge in [-0.1, -0.05) is 76.2 Å². The van der Waals surface area contributed by atoms with Crippen LogP contribution in [0.4, 0.5) is 10.7 Å². The van der Waals surface area contributed by atoms with Crippen molar-refractivity contribution in [3.63, 3.8) is 0 Å². The summed E-state index contributed by atoms with van der Waals surface area (Å²) in [6.45, 7) is 10.8. The minimum Gasteiger partial charge on any atom is -0.462 e. The van der Waals surface area contributed by atoms with E-state index in [1.54, 1.807) is 0 Å². The standard InChI is InChI=1S/C27H32N2O2S2/c1-6-31-26(30)23-16-20(15-19-11-8-7-9-12-19)33-25(23)29-27(32)28-24-21(17(2)3)13-10-14-22(24)18(4)5/h7-14,16-18H,6,15H2,1-5H3,(H2,28,29,32). The zero-order valence-electron chi connectivity index (χ0n) is 19.9. The third-order valence-corrected chi connectivity index (χ3v) is 6.59. The Kier molecular flexibility index (Phi) is 8.64. The molecule has 3 aromatic rings. The Hall–Kier alpha value is -2.70. The van der Waals surface area contributed by atoms with Gasteiger partial charge < -0.3 is 15.4 Å². The summed E-state index contributed by atoms with van der Waals surface area (Å²) in [6, 6.07) is 18.5. The van der Waals surface area contributed by atoms with E-state index in [0.29, 0.717) is 34.1 Å². The topological polar surface area (TPSA) is 50.4 Å². The third-order valence-electron chi connectivity index (χ3n) is 5.34. The highest BCUT2D eigenvalue weighted by Gasteiger charge is 2.20. The van der Waals surface area contributed by atoms with Gasteiger partial charge in [-0.05, 0) is 53.7 Å². The molecule has 0 unspecified atom stereocenters. The van der Waals surface area contributed by atoms with Crippen molar-refractivity contribution in [2.75, 3.05) is 17.2 Å². The molecule has 3 rings (SSSR count). The second-order valence-electron chi connectivity index (χ2n) is 8.54. The molecule has 6 heteroatoms. The zero-order chi connectivity index (χ0) is 24.0. The number of nitrogens with one attached hydrogen (secondary N) is 2. The smallest absolute Gasteiger partial charge is 0.341 e. The fourth-order valence-electron chi connectivity index (χ4n) is 3.72. The van der Waals surface area contributed by atoms with Crippen LogP contribution in [0.1, 0.15) is 78.4 Å². The molecular formula is C27H32N2O2S2. The first kappa shape index (κ1) is 24.9. The normalized spacial score (nSPS) is 11.0. The van der Waals surface area contributed by atoms with Crippen LogP contribution in [-0.4, -0.2) is 17.7 Å². The maximum absolute atomic E-state index is 12.6. The molecule has 0 spiro atoms. The molecular weight excluding hydrogens is 448 g/mol. The predicted molar refractivity (Wildman–Crippen MR) is 144 cm³/mol. The van der Waals surface area contributed by atoms with Crippen LogP contribution in [0.3, 0.4) is 0 Å². The van der Waals surface area contributed by atoms with Gasteiger partial charge in [-0.3, -0.25) is 0 Å². The van der Waals surface area contributed by atoms with Gasteiger partial charge >= 0.3 is 5.97 Å². The first-order valence-corrected chi connectivity index (χ1v) is 12.6. The highest BCUT2D eigenvalue weighted by Crippen LogP contribution is 2.34. The summed E-state index contributed by atoms with van der Waals surface area (Å²) >= 11 is 7.22. The number of para-hydroxylation sites is 1. The summed E-state index contributed by atoms with van der Waals surface area (Å²) in [4.78, 5) is 13.7. The van der Waals surface area contributed by atoms with Crippen LogP contribution in [0.25, 0.3) is 0 Å². The number of benzene rings is 2. The first-order valence-electron chi connectivity index (χ1n) is 11.3. The number of carbonyl (C=O) groups is 1. The van der Waals surface area contributed by atoms with Crippen molar-refractivity contribution >= 4 is 45.3 Å². The van der Waals surface area contributed by atoms with Crippen molar-refractivity contribution in [1.82, 2.24) is 0 Å². The number of esters is 1. The molecule has 0 fully saturated rings. The molecule has 0 aliphatic carbocycles. The number of hydrogen-bond donors (Lipinski definition) is 2. The van der Waals surface area contributed by atoms with Gasteiger partial charge in [-0.2, -0.15) is 0 Å². The number of hydrogen-bond acceptors (Lipinski definition) is 4. The van der Waals surface area contributed by atoms with Crippen molar-refractivity contribution in [2.24, 2.45) is 0 Å². The summed E-state index contributed by atoms with van der Waals surface area (Å²) < 4.78 is 5.30. The molecule has 0 amide bonds. The average Bonchev–Trinajstić information content (AvgIpc) is 3.16. The van der Waals surface area contributed by atoms with Crippen molar-refractivity contribution < 1.29 is 9.53 Å². The molecule has 0 radical (unpaired) electrons. The summed E-state index contributed by atoms with van der Waals surface area (Å²) in [5.74, 6) is 0.357. The van der Waals surface area contributed by atoms with Gasteiger partial charge in [0.05, 0.1) is 12.2 Å². The van der Waals surface area contributed by atoms with Gasteiger partial charge in [-0.25, -0.2) is 4.79 Å². The molecule has 0 bridgehead atoms. The molecule has 0 atom stereocenters. The lowest BCUT2D eigenvalue weighted by atomic mass is 9.93. The molecule has 174 valence electrons. The minimum atomic E-state index is -0.344. The van der Waals surface area contributed by atoms with Crippen LogP contribution in [0.15, 0.2) is 54.6 Å². The number of carbonyl (C=O) groups excluding carboxylic acids is 1. The van der Waals surface area contributed by atoms with Crippen molar-refractivity contribution in [2.45, 2.75) is 52.9 Å². The van der Waals surface area contributed by atoms with E-state index in [-0.39, 0.29) is 5.97 Å². The van der Waals surface area contributed by atoms with Gasteiger partial charge in [0.15, 0.2) is 5.11 Å². The van der Waals surface area contributed by atoms with Crippen molar-refractivity contribution in [3.05, 3.63) is 81.7 Å².